The van der Waals surface area contributed by atoms with Crippen molar-refractivity contribution in [2.75, 3.05) is 18.5 Å². The molecule has 2 aromatic carbocycles. The Bertz CT molecular complexity index is 1090. The van der Waals surface area contributed by atoms with Crippen molar-refractivity contribution in [2.45, 2.75) is 6.92 Å². The fourth-order valence-electron chi connectivity index (χ4n) is 2.81. The van der Waals surface area contributed by atoms with Crippen molar-refractivity contribution >= 4 is 34.1 Å². The van der Waals surface area contributed by atoms with Gasteiger partial charge in [0.1, 0.15) is 5.82 Å². The van der Waals surface area contributed by atoms with Crippen LogP contribution in [-0.2, 0) is 0 Å². The molecular weight excluding hydrogens is 341 g/mol. The van der Waals surface area contributed by atoms with Gasteiger partial charge in [0.2, 0.25) is 5.95 Å². The molecule has 126 valence electrons. The molecule has 4 rings (SSSR count). The zero-order chi connectivity index (χ0) is 17.6. The molecule has 0 radical (unpaired) electrons. The molecule has 0 bridgehead atoms. The maximum atomic E-state index is 14.3. The van der Waals surface area contributed by atoms with Crippen LogP contribution in [0.4, 0.5) is 10.3 Å². The molecule has 7 heteroatoms. The molecule has 0 amide bonds. The van der Waals surface area contributed by atoms with Crippen LogP contribution in [0.5, 0.6) is 0 Å². The van der Waals surface area contributed by atoms with Crippen LogP contribution in [0.1, 0.15) is 6.92 Å². The molecule has 0 aliphatic rings. The number of anilines is 1. The topological polar surface area (TPSA) is 46.3 Å². The minimum absolute atomic E-state index is 0.349. The van der Waals surface area contributed by atoms with E-state index in [-0.39, 0.29) is 5.82 Å². The number of benzene rings is 2. The lowest BCUT2D eigenvalue weighted by atomic mass is 10.2. The van der Waals surface area contributed by atoms with E-state index in [0.29, 0.717) is 28.0 Å². The predicted molar refractivity (Wildman–Crippen MR) is 97.6 cm³/mol. The number of fused-ring (bicyclic) bond motifs is 3. The van der Waals surface area contributed by atoms with Crippen molar-refractivity contribution in [3.63, 3.8) is 0 Å². The van der Waals surface area contributed by atoms with Gasteiger partial charge in [0, 0.05) is 24.0 Å². The van der Waals surface area contributed by atoms with E-state index in [2.05, 4.69) is 10.2 Å². The molecule has 0 fully saturated rings. The average Bonchev–Trinajstić information content (AvgIpc) is 3.05. The van der Waals surface area contributed by atoms with E-state index in [1.807, 2.05) is 24.9 Å². The highest BCUT2D eigenvalue weighted by Gasteiger charge is 2.20. The first-order valence-corrected chi connectivity index (χ1v) is 8.28. The molecule has 0 saturated carbocycles. The van der Waals surface area contributed by atoms with Gasteiger partial charge >= 0.3 is 0 Å². The van der Waals surface area contributed by atoms with Crippen molar-refractivity contribution in [1.29, 1.82) is 0 Å². The molecule has 0 saturated heterocycles. The van der Waals surface area contributed by atoms with Crippen LogP contribution in [0.2, 0.25) is 5.02 Å². The quantitative estimate of drug-likeness (QED) is 0.552. The Kier molecular flexibility index (Phi) is 3.77. The summed E-state index contributed by atoms with van der Waals surface area (Å²) in [6, 6.07) is 12.0. The third-order valence-corrected chi connectivity index (χ3v) is 4.45. The van der Waals surface area contributed by atoms with Crippen LogP contribution >= 0.6 is 11.6 Å². The second-order valence-corrected chi connectivity index (χ2v) is 6.19. The summed E-state index contributed by atoms with van der Waals surface area (Å²) in [6.45, 7) is 2.74. The largest absolute Gasteiger partial charge is 0.345 e. The van der Waals surface area contributed by atoms with Crippen LogP contribution in [0, 0.1) is 5.82 Å². The first-order chi connectivity index (χ1) is 12.1. The first kappa shape index (κ1) is 15.8. The van der Waals surface area contributed by atoms with Crippen molar-refractivity contribution < 1.29 is 4.39 Å². The van der Waals surface area contributed by atoms with Crippen molar-refractivity contribution in [3.05, 3.63) is 53.3 Å². The lowest BCUT2D eigenvalue weighted by Crippen LogP contribution is -2.21. The molecule has 2 heterocycles. The maximum absolute atomic E-state index is 14.3. The highest BCUT2D eigenvalue weighted by Crippen LogP contribution is 2.30. The molecule has 25 heavy (non-hydrogen) atoms. The second-order valence-electron chi connectivity index (χ2n) is 5.75. The lowest BCUT2D eigenvalue weighted by Gasteiger charge is -2.19. The maximum Gasteiger partial charge on any atom is 0.213 e. The van der Waals surface area contributed by atoms with E-state index in [4.69, 9.17) is 16.6 Å². The van der Waals surface area contributed by atoms with E-state index < -0.39 is 0 Å². The summed E-state index contributed by atoms with van der Waals surface area (Å²) >= 11 is 6.11. The van der Waals surface area contributed by atoms with Gasteiger partial charge in [0.25, 0.3) is 0 Å². The standard InChI is InChI=1S/C18H15ClFN5/c1-3-24(2)18-21-15-10-11(19)8-9-13(15)17-23-22-16(25(17)18)12-6-4-5-7-14(12)20/h4-10H,3H2,1-2H3. The molecule has 4 aromatic rings. The number of rotatable bonds is 3. The number of nitrogens with zero attached hydrogens (tertiary/aromatic N) is 5. The summed E-state index contributed by atoms with van der Waals surface area (Å²) in [7, 11) is 1.92. The zero-order valence-corrected chi connectivity index (χ0v) is 14.5. The van der Waals surface area contributed by atoms with Gasteiger partial charge in [-0.1, -0.05) is 23.7 Å². The smallest absolute Gasteiger partial charge is 0.213 e. The Morgan fingerprint density at radius 3 is 2.72 bits per heavy atom. The summed E-state index contributed by atoms with van der Waals surface area (Å²) in [5.74, 6) is 0.710. The summed E-state index contributed by atoms with van der Waals surface area (Å²) in [5, 5.41) is 9.97. The summed E-state index contributed by atoms with van der Waals surface area (Å²) < 4.78 is 16.1. The monoisotopic (exact) mass is 355 g/mol. The van der Waals surface area contributed by atoms with E-state index in [9.17, 15) is 4.39 Å². The Labute approximate surface area is 148 Å². The highest BCUT2D eigenvalue weighted by atomic mass is 35.5. The molecule has 0 unspecified atom stereocenters. The molecule has 0 spiro atoms. The number of hydrogen-bond donors (Lipinski definition) is 0. The molecule has 0 atom stereocenters. The van der Waals surface area contributed by atoms with Gasteiger partial charge in [0.05, 0.1) is 11.1 Å². The van der Waals surface area contributed by atoms with Gasteiger partial charge in [-0.15, -0.1) is 10.2 Å². The van der Waals surface area contributed by atoms with Crippen LogP contribution in [0.3, 0.4) is 0 Å². The predicted octanol–water partition coefficient (Wildman–Crippen LogP) is 4.19. The van der Waals surface area contributed by atoms with Crippen molar-refractivity contribution in [2.24, 2.45) is 0 Å². The Morgan fingerprint density at radius 2 is 1.96 bits per heavy atom. The van der Waals surface area contributed by atoms with Crippen molar-refractivity contribution in [3.8, 4) is 11.4 Å². The van der Waals surface area contributed by atoms with Crippen LogP contribution in [0.15, 0.2) is 42.5 Å². The molecule has 0 aliphatic heterocycles. The average molecular weight is 356 g/mol. The van der Waals surface area contributed by atoms with Crippen LogP contribution in [-0.4, -0.2) is 33.2 Å². The molecule has 2 aromatic heterocycles. The highest BCUT2D eigenvalue weighted by molar-refractivity contribution is 6.31. The van der Waals surface area contributed by atoms with Crippen molar-refractivity contribution in [1.82, 2.24) is 19.6 Å². The van der Waals surface area contributed by atoms with Crippen LogP contribution in [0.25, 0.3) is 27.9 Å². The lowest BCUT2D eigenvalue weighted by molar-refractivity contribution is 0.629. The van der Waals surface area contributed by atoms with Gasteiger partial charge in [-0.05, 0) is 37.3 Å². The second kappa shape index (κ2) is 5.97. The van der Waals surface area contributed by atoms with E-state index in [0.717, 1.165) is 17.4 Å². The normalized spacial score (nSPS) is 11.4. The number of halogens is 2. The van der Waals surface area contributed by atoms with Gasteiger partial charge in [-0.25, -0.2) is 13.8 Å². The zero-order valence-electron chi connectivity index (χ0n) is 13.7. The van der Waals surface area contributed by atoms with E-state index >= 15 is 0 Å². The van der Waals surface area contributed by atoms with Gasteiger partial charge in [0.15, 0.2) is 11.5 Å². The minimum Gasteiger partial charge on any atom is -0.345 e. The Morgan fingerprint density at radius 1 is 1.16 bits per heavy atom. The van der Waals surface area contributed by atoms with Gasteiger partial charge < -0.3 is 4.90 Å². The summed E-state index contributed by atoms with van der Waals surface area (Å²) in [4.78, 5) is 6.68. The molecular formula is C18H15ClFN5. The molecule has 0 aliphatic carbocycles. The Hall–Kier alpha value is -2.73. The summed E-state index contributed by atoms with van der Waals surface area (Å²) in [5.41, 5.74) is 1.73. The third kappa shape index (κ3) is 2.49. The number of aromatic nitrogens is 4. The molecule has 5 nitrogen and oxygen atoms in total. The van der Waals surface area contributed by atoms with Gasteiger partial charge in [-0.3, -0.25) is 0 Å². The fourth-order valence-corrected chi connectivity index (χ4v) is 2.97. The van der Waals surface area contributed by atoms with E-state index in [1.165, 1.54) is 6.07 Å². The summed E-state index contributed by atoms with van der Waals surface area (Å²) in [6.07, 6.45) is 0. The SMILES string of the molecule is CCN(C)c1nc2cc(Cl)ccc2c2nnc(-c3ccccc3F)n12. The Balaban J connectivity index is 2.13. The first-order valence-electron chi connectivity index (χ1n) is 7.90. The van der Waals surface area contributed by atoms with Gasteiger partial charge in [-0.2, -0.15) is 0 Å². The van der Waals surface area contributed by atoms with Crippen LogP contribution < -0.4 is 4.90 Å². The fraction of sp³-hybridized carbons (Fsp3) is 0.167. The number of hydrogen-bond acceptors (Lipinski definition) is 4. The third-order valence-electron chi connectivity index (χ3n) is 4.21. The minimum atomic E-state index is -0.349. The van der Waals surface area contributed by atoms with E-state index in [1.54, 1.807) is 34.7 Å². The molecule has 0 N–H and O–H groups in total.